The average molecular weight is 248 g/mol. The van der Waals surface area contributed by atoms with Gasteiger partial charge in [-0.1, -0.05) is 20.8 Å². The van der Waals surface area contributed by atoms with Crippen LogP contribution >= 0.6 is 0 Å². The van der Waals surface area contributed by atoms with Crippen LogP contribution in [0.15, 0.2) is 18.3 Å². The predicted octanol–water partition coefficient (Wildman–Crippen LogP) is 2.86. The van der Waals surface area contributed by atoms with E-state index in [2.05, 4.69) is 43.2 Å². The SMILES string of the molecule is CCc1ccnc(C2CC(NC(C)C)CCO2)c1. The molecule has 18 heavy (non-hydrogen) atoms. The number of aromatic nitrogens is 1. The number of aryl methyl sites for hydroxylation is 1. The number of nitrogens with one attached hydrogen (secondary N) is 1. The van der Waals surface area contributed by atoms with Crippen LogP contribution in [0.25, 0.3) is 0 Å². The molecule has 2 rings (SSSR count). The third-order valence-corrected chi connectivity index (χ3v) is 3.44. The minimum Gasteiger partial charge on any atom is -0.372 e. The van der Waals surface area contributed by atoms with Crippen molar-refractivity contribution in [3.63, 3.8) is 0 Å². The number of hydrogen-bond donors (Lipinski definition) is 1. The quantitative estimate of drug-likeness (QED) is 0.889. The van der Waals surface area contributed by atoms with Crippen LogP contribution in [0.5, 0.6) is 0 Å². The molecule has 1 aliphatic heterocycles. The van der Waals surface area contributed by atoms with E-state index in [1.807, 2.05) is 6.20 Å². The van der Waals surface area contributed by atoms with Crippen molar-refractivity contribution in [2.75, 3.05) is 6.61 Å². The minimum atomic E-state index is 0.154. The Bertz CT molecular complexity index is 379. The Hall–Kier alpha value is -0.930. The third kappa shape index (κ3) is 3.53. The van der Waals surface area contributed by atoms with E-state index in [1.165, 1.54) is 5.56 Å². The van der Waals surface area contributed by atoms with Crippen LogP contribution < -0.4 is 5.32 Å². The molecule has 0 aliphatic carbocycles. The summed E-state index contributed by atoms with van der Waals surface area (Å²) in [7, 11) is 0. The fraction of sp³-hybridized carbons (Fsp3) is 0.667. The molecule has 0 bridgehead atoms. The molecule has 2 unspecified atom stereocenters. The number of ether oxygens (including phenoxy) is 1. The van der Waals surface area contributed by atoms with E-state index in [4.69, 9.17) is 4.74 Å². The van der Waals surface area contributed by atoms with Crippen LogP contribution in [0.4, 0.5) is 0 Å². The van der Waals surface area contributed by atoms with Gasteiger partial charge in [0.25, 0.3) is 0 Å². The maximum absolute atomic E-state index is 5.87. The Kier molecular flexibility index (Phi) is 4.72. The highest BCUT2D eigenvalue weighted by molar-refractivity contribution is 5.18. The standard InChI is InChI=1S/C15H24N2O/c1-4-12-5-7-16-14(9-12)15-10-13(6-8-18-15)17-11(2)3/h5,7,9,11,13,15,17H,4,6,8,10H2,1-3H3. The third-order valence-electron chi connectivity index (χ3n) is 3.44. The Morgan fingerprint density at radius 2 is 2.33 bits per heavy atom. The van der Waals surface area contributed by atoms with Crippen LogP contribution in [0, 0.1) is 0 Å². The lowest BCUT2D eigenvalue weighted by Gasteiger charge is -2.31. The summed E-state index contributed by atoms with van der Waals surface area (Å²) in [5.74, 6) is 0. The monoisotopic (exact) mass is 248 g/mol. The van der Waals surface area contributed by atoms with E-state index < -0.39 is 0 Å². The van der Waals surface area contributed by atoms with Gasteiger partial charge in [0, 0.05) is 24.9 Å². The number of hydrogen-bond acceptors (Lipinski definition) is 3. The van der Waals surface area contributed by atoms with Gasteiger partial charge in [-0.3, -0.25) is 4.98 Å². The van der Waals surface area contributed by atoms with Crippen molar-refractivity contribution in [1.82, 2.24) is 10.3 Å². The fourth-order valence-electron chi connectivity index (χ4n) is 2.52. The number of pyridine rings is 1. The molecule has 0 aromatic carbocycles. The van der Waals surface area contributed by atoms with Crippen molar-refractivity contribution in [3.05, 3.63) is 29.6 Å². The second-order valence-electron chi connectivity index (χ2n) is 5.34. The van der Waals surface area contributed by atoms with Gasteiger partial charge in [0.1, 0.15) is 6.10 Å². The summed E-state index contributed by atoms with van der Waals surface area (Å²) in [6.45, 7) is 7.39. The van der Waals surface area contributed by atoms with Crippen LogP contribution in [0.1, 0.15) is 51.0 Å². The molecule has 1 saturated heterocycles. The molecule has 1 aliphatic rings. The molecule has 2 atom stereocenters. The molecule has 3 nitrogen and oxygen atoms in total. The van der Waals surface area contributed by atoms with Crippen molar-refractivity contribution in [3.8, 4) is 0 Å². The van der Waals surface area contributed by atoms with Gasteiger partial charge in [-0.05, 0) is 37.0 Å². The predicted molar refractivity (Wildman–Crippen MR) is 73.6 cm³/mol. The molecule has 0 radical (unpaired) electrons. The molecule has 0 amide bonds. The highest BCUT2D eigenvalue weighted by atomic mass is 16.5. The smallest absolute Gasteiger partial charge is 0.101 e. The summed E-state index contributed by atoms with van der Waals surface area (Å²) in [5.41, 5.74) is 2.42. The van der Waals surface area contributed by atoms with E-state index in [0.717, 1.165) is 31.6 Å². The van der Waals surface area contributed by atoms with Crippen molar-refractivity contribution < 1.29 is 4.74 Å². The summed E-state index contributed by atoms with van der Waals surface area (Å²) in [5, 5.41) is 3.60. The van der Waals surface area contributed by atoms with Gasteiger partial charge in [0.2, 0.25) is 0 Å². The van der Waals surface area contributed by atoms with Crippen molar-refractivity contribution in [1.29, 1.82) is 0 Å². The Morgan fingerprint density at radius 1 is 1.50 bits per heavy atom. The van der Waals surface area contributed by atoms with E-state index in [-0.39, 0.29) is 6.10 Å². The molecule has 0 saturated carbocycles. The van der Waals surface area contributed by atoms with Crippen LogP contribution in [0.2, 0.25) is 0 Å². The largest absolute Gasteiger partial charge is 0.372 e. The molecule has 3 heteroatoms. The Balaban J connectivity index is 2.03. The highest BCUT2D eigenvalue weighted by Gasteiger charge is 2.25. The fourth-order valence-corrected chi connectivity index (χ4v) is 2.52. The zero-order chi connectivity index (χ0) is 13.0. The van der Waals surface area contributed by atoms with Gasteiger partial charge >= 0.3 is 0 Å². The summed E-state index contributed by atoms with van der Waals surface area (Å²) < 4.78 is 5.87. The van der Waals surface area contributed by atoms with Crippen LogP contribution in [-0.4, -0.2) is 23.7 Å². The summed E-state index contributed by atoms with van der Waals surface area (Å²) in [4.78, 5) is 4.47. The molecule has 0 spiro atoms. The Labute approximate surface area is 110 Å². The van der Waals surface area contributed by atoms with Gasteiger partial charge < -0.3 is 10.1 Å². The van der Waals surface area contributed by atoms with Gasteiger partial charge in [0.15, 0.2) is 0 Å². The second-order valence-corrected chi connectivity index (χ2v) is 5.34. The summed E-state index contributed by atoms with van der Waals surface area (Å²) in [6.07, 6.45) is 5.23. The molecule has 100 valence electrons. The topological polar surface area (TPSA) is 34.2 Å². The van der Waals surface area contributed by atoms with Crippen LogP contribution in [-0.2, 0) is 11.2 Å². The van der Waals surface area contributed by atoms with E-state index in [1.54, 1.807) is 0 Å². The number of rotatable bonds is 4. The first-order valence-electron chi connectivity index (χ1n) is 7.01. The van der Waals surface area contributed by atoms with Crippen molar-refractivity contribution >= 4 is 0 Å². The normalized spacial score (nSPS) is 24.4. The Morgan fingerprint density at radius 3 is 3.06 bits per heavy atom. The molecule has 1 aromatic rings. The molecule has 1 N–H and O–H groups in total. The molecular weight excluding hydrogens is 224 g/mol. The zero-order valence-electron chi connectivity index (χ0n) is 11.6. The van der Waals surface area contributed by atoms with Gasteiger partial charge in [0.05, 0.1) is 5.69 Å². The maximum Gasteiger partial charge on any atom is 0.101 e. The van der Waals surface area contributed by atoms with Crippen molar-refractivity contribution in [2.45, 2.75) is 58.2 Å². The van der Waals surface area contributed by atoms with E-state index in [9.17, 15) is 0 Å². The average Bonchev–Trinajstić information content (AvgIpc) is 2.38. The zero-order valence-corrected chi connectivity index (χ0v) is 11.6. The van der Waals surface area contributed by atoms with Crippen molar-refractivity contribution in [2.24, 2.45) is 0 Å². The summed E-state index contributed by atoms with van der Waals surface area (Å²) >= 11 is 0. The highest BCUT2D eigenvalue weighted by Crippen LogP contribution is 2.27. The first-order valence-corrected chi connectivity index (χ1v) is 7.01. The lowest BCUT2D eigenvalue weighted by molar-refractivity contribution is -0.00349. The number of nitrogens with zero attached hydrogens (tertiary/aromatic N) is 1. The minimum absolute atomic E-state index is 0.154. The molecule has 2 heterocycles. The van der Waals surface area contributed by atoms with E-state index >= 15 is 0 Å². The lowest BCUT2D eigenvalue weighted by atomic mass is 9.99. The van der Waals surface area contributed by atoms with Gasteiger partial charge in [-0.15, -0.1) is 0 Å². The van der Waals surface area contributed by atoms with E-state index in [0.29, 0.717) is 12.1 Å². The molecule has 1 aromatic heterocycles. The summed E-state index contributed by atoms with van der Waals surface area (Å²) in [6, 6.07) is 5.35. The first kappa shape index (κ1) is 13.5. The molecule has 1 fully saturated rings. The van der Waals surface area contributed by atoms with Gasteiger partial charge in [-0.25, -0.2) is 0 Å². The first-order chi connectivity index (χ1) is 8.69. The second kappa shape index (κ2) is 6.30. The van der Waals surface area contributed by atoms with Gasteiger partial charge in [-0.2, -0.15) is 0 Å². The maximum atomic E-state index is 5.87. The lowest BCUT2D eigenvalue weighted by Crippen LogP contribution is -2.39. The molecular formula is C15H24N2O. The van der Waals surface area contributed by atoms with Crippen LogP contribution in [0.3, 0.4) is 0 Å².